The third-order valence-electron chi connectivity index (χ3n) is 7.59. The van der Waals surface area contributed by atoms with E-state index in [0.29, 0.717) is 6.42 Å². The van der Waals surface area contributed by atoms with Crippen LogP contribution in [0, 0.1) is 0 Å². The molecule has 0 bridgehead atoms. The molecule has 0 radical (unpaired) electrons. The Morgan fingerprint density at radius 1 is 1.30 bits per heavy atom. The number of carbonyl (C=O) groups excluding carboxylic acids is 1. The van der Waals surface area contributed by atoms with Crippen LogP contribution in [0.5, 0.6) is 5.88 Å². The van der Waals surface area contributed by atoms with Gasteiger partial charge >= 0.3 is 13.7 Å². The molecule has 7 atom stereocenters. The Morgan fingerprint density at radius 2 is 2.02 bits per heavy atom. The number of aliphatic hydroxyl groups is 1. The first kappa shape index (κ1) is 36.0. The Bertz CT molecular complexity index is 1620. The van der Waals surface area contributed by atoms with E-state index in [9.17, 15) is 20.0 Å². The third kappa shape index (κ3) is 8.19. The number of nitrogens with one attached hydrogen (secondary N) is 1. The van der Waals surface area contributed by atoms with Gasteiger partial charge in [-0.05, 0) is 45.2 Å². The molecule has 1 aromatic carbocycles. The van der Waals surface area contributed by atoms with Gasteiger partial charge in [0.15, 0.2) is 17.4 Å². The van der Waals surface area contributed by atoms with Crippen LogP contribution in [0.3, 0.4) is 0 Å². The Balaban J connectivity index is 1.65. The number of benzene rings is 1. The van der Waals surface area contributed by atoms with Gasteiger partial charge < -0.3 is 25.1 Å². The van der Waals surface area contributed by atoms with E-state index in [-0.39, 0.29) is 23.0 Å². The Labute approximate surface area is 272 Å². The third-order valence-corrected chi connectivity index (χ3v) is 9.32. The molecule has 256 valence electrons. The van der Waals surface area contributed by atoms with Gasteiger partial charge in [-0.15, -0.1) is 0 Å². The maximum Gasteiger partial charge on any atom is 0.406 e. The van der Waals surface area contributed by atoms with E-state index in [1.165, 1.54) is 31.9 Å². The average Bonchev–Trinajstić information content (AvgIpc) is 3.55. The van der Waals surface area contributed by atoms with Gasteiger partial charge in [-0.25, -0.2) is 14.6 Å². The molecule has 17 nitrogen and oxygen atoms in total. The molecule has 0 saturated carbocycles. The van der Waals surface area contributed by atoms with Crippen LogP contribution in [-0.4, -0.2) is 74.2 Å². The molecule has 1 saturated heterocycles. The molecule has 1 fully saturated rings. The quantitative estimate of drug-likeness (QED) is 0.0612. The molecular formula is C29H42N9O8P. The number of imidazole rings is 1. The second-order valence-corrected chi connectivity index (χ2v) is 13.3. The molecule has 2 aromatic heterocycles. The van der Waals surface area contributed by atoms with E-state index >= 15 is 0 Å². The summed E-state index contributed by atoms with van der Waals surface area (Å²) in [5.74, 6) is -0.653. The van der Waals surface area contributed by atoms with Crippen LogP contribution in [-0.2, 0) is 27.9 Å². The lowest BCUT2D eigenvalue weighted by Crippen LogP contribution is -2.43. The second kappa shape index (κ2) is 15.4. The van der Waals surface area contributed by atoms with Crippen LogP contribution in [0.4, 0.5) is 5.95 Å². The van der Waals surface area contributed by atoms with Crippen LogP contribution in [0.25, 0.3) is 21.6 Å². The van der Waals surface area contributed by atoms with Crippen molar-refractivity contribution in [2.24, 2.45) is 5.11 Å². The summed E-state index contributed by atoms with van der Waals surface area (Å²) in [6.07, 6.45) is -1.40. The smallest absolute Gasteiger partial charge is 0.406 e. The molecule has 1 aliphatic heterocycles. The number of carbonyl (C=O) groups is 1. The number of methoxy groups -OCH3 is 1. The number of fused-ring (bicyclic) bond motifs is 1. The van der Waals surface area contributed by atoms with Gasteiger partial charge in [-0.3, -0.25) is 18.4 Å². The molecule has 4 rings (SSSR count). The van der Waals surface area contributed by atoms with Gasteiger partial charge in [0.1, 0.15) is 17.7 Å². The highest BCUT2D eigenvalue weighted by Gasteiger charge is 2.55. The largest absolute Gasteiger partial charge is 0.479 e. The fourth-order valence-corrected chi connectivity index (χ4v) is 6.88. The highest BCUT2D eigenvalue weighted by molar-refractivity contribution is 7.51. The second-order valence-electron chi connectivity index (χ2n) is 11.6. The predicted molar refractivity (Wildman–Crippen MR) is 171 cm³/mol. The highest BCUT2D eigenvalue weighted by Crippen LogP contribution is 2.51. The lowest BCUT2D eigenvalue weighted by Gasteiger charge is -2.29. The molecule has 3 aromatic rings. The van der Waals surface area contributed by atoms with Crippen LogP contribution >= 0.6 is 7.75 Å². The first-order chi connectivity index (χ1) is 22.4. The van der Waals surface area contributed by atoms with E-state index < -0.39 is 62.5 Å². The average molecular weight is 676 g/mol. The first-order valence-electron chi connectivity index (χ1n) is 15.3. The molecule has 18 heteroatoms. The maximum atomic E-state index is 14.5. The van der Waals surface area contributed by atoms with Crippen LogP contribution in [0.2, 0.25) is 0 Å². The van der Waals surface area contributed by atoms with Gasteiger partial charge in [0.05, 0.1) is 38.4 Å². The highest BCUT2D eigenvalue weighted by atomic mass is 31.2. The molecule has 1 aliphatic rings. The Kier molecular flexibility index (Phi) is 11.8. The first-order valence-corrected chi connectivity index (χ1v) is 16.8. The molecule has 47 heavy (non-hydrogen) atoms. The van der Waals surface area contributed by atoms with E-state index in [2.05, 4.69) is 30.1 Å². The van der Waals surface area contributed by atoms with Crippen LogP contribution in [0.15, 0.2) is 41.8 Å². The summed E-state index contributed by atoms with van der Waals surface area (Å²) < 4.78 is 44.8. The molecule has 0 aliphatic carbocycles. The van der Waals surface area contributed by atoms with E-state index in [1.807, 2.05) is 37.3 Å². The minimum absolute atomic E-state index is 0.106. The van der Waals surface area contributed by atoms with Crippen molar-refractivity contribution in [2.45, 2.75) is 96.1 Å². The van der Waals surface area contributed by atoms with Crippen molar-refractivity contribution in [3.8, 4) is 5.88 Å². The molecule has 4 N–H and O–H groups in total. The number of hydrogen-bond acceptors (Lipinski definition) is 13. The molecule has 3 unspecified atom stereocenters. The Hall–Kier alpha value is -3.82. The number of nitrogens with two attached hydrogens (primary N) is 1. The zero-order valence-corrected chi connectivity index (χ0v) is 28.1. The lowest BCUT2D eigenvalue weighted by molar-refractivity contribution is -0.149. The fraction of sp³-hybridized carbons (Fsp3) is 0.586. The number of esters is 1. The standard InChI is InChI=1S/C29H42N9O8P/c1-7-8-14-20(19-12-10-9-11-13-19)46-47(41,35-18(4)26(40)44-17(2)3)43-15-21-23(39)29(5,36-37-31)27(45-21)38-16-32-22-24(38)33-28(30)34-25(22)42-6/h9-13,16-18,20-21,23,27,39H,7-8,14-15H2,1-6H3,(H,35,41)(H2,30,33,34)/t18-,20?,21+,23+,27?,29+,47?/m0/s1. The number of nitrogens with zero attached hydrogens (tertiary/aromatic N) is 7. The number of anilines is 1. The topological polar surface area (TPSA) is 231 Å². The van der Waals surface area contributed by atoms with Gasteiger partial charge in [-0.1, -0.05) is 55.2 Å². The monoisotopic (exact) mass is 675 g/mol. The Morgan fingerprint density at radius 3 is 2.66 bits per heavy atom. The molecular weight excluding hydrogens is 633 g/mol. The van der Waals surface area contributed by atoms with Crippen molar-refractivity contribution < 1.29 is 37.7 Å². The number of unbranched alkanes of at least 4 members (excludes halogenated alkanes) is 1. The van der Waals surface area contributed by atoms with E-state index in [4.69, 9.17) is 29.0 Å². The summed E-state index contributed by atoms with van der Waals surface area (Å²) in [5, 5.41) is 18.0. The zero-order chi connectivity index (χ0) is 34.4. The number of aromatic nitrogens is 4. The number of azide groups is 1. The summed E-state index contributed by atoms with van der Waals surface area (Å²) in [5.41, 5.74) is 14.9. The van der Waals surface area contributed by atoms with Gasteiger partial charge in [0.2, 0.25) is 11.8 Å². The summed E-state index contributed by atoms with van der Waals surface area (Å²) in [4.78, 5) is 28.2. The summed E-state index contributed by atoms with van der Waals surface area (Å²) in [6.45, 7) is 7.90. The van der Waals surface area contributed by atoms with Crippen molar-refractivity contribution in [1.29, 1.82) is 0 Å². The number of aliphatic hydroxyl groups excluding tert-OH is 1. The number of hydrogen-bond donors (Lipinski definition) is 3. The van der Waals surface area contributed by atoms with Crippen molar-refractivity contribution in [3.63, 3.8) is 0 Å². The minimum atomic E-state index is -4.33. The summed E-state index contributed by atoms with van der Waals surface area (Å²) in [7, 11) is -2.93. The van der Waals surface area contributed by atoms with E-state index in [1.54, 1.807) is 13.8 Å². The number of nitrogen functional groups attached to an aromatic ring is 1. The van der Waals surface area contributed by atoms with Gasteiger partial charge in [0.25, 0.3) is 0 Å². The van der Waals surface area contributed by atoms with Crippen LogP contribution < -0.4 is 15.6 Å². The van der Waals surface area contributed by atoms with Crippen molar-refractivity contribution in [2.75, 3.05) is 19.5 Å². The normalized spacial score (nSPS) is 23.6. The molecule has 3 heterocycles. The van der Waals surface area contributed by atoms with E-state index in [0.717, 1.165) is 18.4 Å². The molecule has 0 spiro atoms. The minimum Gasteiger partial charge on any atom is -0.479 e. The summed E-state index contributed by atoms with van der Waals surface area (Å²) in [6, 6.07) is 8.15. The fourth-order valence-electron chi connectivity index (χ4n) is 5.20. The number of ether oxygens (including phenoxy) is 3. The lowest BCUT2D eigenvalue weighted by atomic mass is 9.93. The van der Waals surface area contributed by atoms with Gasteiger partial charge in [0, 0.05) is 4.91 Å². The number of rotatable bonds is 16. The SMILES string of the molecule is CCCCC(OP(=O)(N[C@@H](C)C(=O)OC(C)C)OC[C@H]1OC(n2cnc3c(OC)nc(N)nc32)[C@](C)(N=[N+]=[N-])[C@@H]1O)c1ccccc1. The molecule has 0 amide bonds. The van der Waals surface area contributed by atoms with Gasteiger partial charge in [-0.2, -0.15) is 9.97 Å². The van der Waals surface area contributed by atoms with Crippen molar-refractivity contribution in [3.05, 3.63) is 52.7 Å². The predicted octanol–water partition coefficient (Wildman–Crippen LogP) is 4.75. The zero-order valence-electron chi connectivity index (χ0n) is 27.2. The van der Waals surface area contributed by atoms with Crippen molar-refractivity contribution in [1.82, 2.24) is 24.6 Å². The van der Waals surface area contributed by atoms with Crippen LogP contribution in [0.1, 0.15) is 71.8 Å². The van der Waals surface area contributed by atoms with Crippen molar-refractivity contribution >= 4 is 30.8 Å². The summed E-state index contributed by atoms with van der Waals surface area (Å²) >= 11 is 0. The maximum absolute atomic E-state index is 14.5.